The number of alkyl halides is 20. The molecule has 220 valence electrons. The fourth-order valence-electron chi connectivity index (χ4n) is 2.13. The molecule has 0 aromatic carbocycles. The minimum absolute atomic E-state index is 1.52. The third kappa shape index (κ3) is 4.65. The van der Waals surface area contributed by atoms with Gasteiger partial charge in [0.2, 0.25) is 0 Å². The Hall–Kier alpha value is -2.19. The van der Waals surface area contributed by atoms with Crippen LogP contribution in [0.25, 0.3) is 0 Å². The summed E-state index contributed by atoms with van der Waals surface area (Å²) in [4.78, 5) is 10.3. The predicted molar refractivity (Wildman–Crippen MR) is 76.5 cm³/mol. The number of carbonyl (C=O) groups is 1. The van der Waals surface area contributed by atoms with Gasteiger partial charge in [-0.3, -0.25) is 0 Å². The number of rotatable bonds is 13. The molecule has 2 nitrogen and oxygen atoms in total. The van der Waals surface area contributed by atoms with Gasteiger partial charge in [-0.2, -0.15) is 79.0 Å². The lowest BCUT2D eigenvalue weighted by molar-refractivity contribution is -0.465. The lowest BCUT2D eigenvalue weighted by Gasteiger charge is -2.44. The zero-order chi connectivity index (χ0) is 30.6. The van der Waals surface area contributed by atoms with Crippen molar-refractivity contribution in [1.29, 1.82) is 0 Å². The number of hydrogen-bond acceptors (Lipinski definition) is 1. The summed E-state index contributed by atoms with van der Waals surface area (Å²) in [7, 11) is 0. The van der Waals surface area contributed by atoms with Gasteiger partial charge < -0.3 is 5.11 Å². The van der Waals surface area contributed by atoms with Crippen LogP contribution < -0.4 is 0 Å². The van der Waals surface area contributed by atoms with Crippen LogP contribution in [-0.2, 0) is 4.79 Å². The van der Waals surface area contributed by atoms with Crippen molar-refractivity contribution < 1.29 is 97.7 Å². The van der Waals surface area contributed by atoms with Gasteiger partial charge in [0.15, 0.2) is 0 Å². The second-order valence-corrected chi connectivity index (χ2v) is 7.06. The summed E-state index contributed by atoms with van der Waals surface area (Å²) in [5.41, 5.74) is -1.52. The van der Waals surface area contributed by atoms with Gasteiger partial charge >= 0.3 is 65.7 Å². The topological polar surface area (TPSA) is 37.3 Å². The molecule has 0 aromatic heterocycles. The molecule has 0 unspecified atom stereocenters. The fraction of sp³-hybridized carbons (Fsp3) is 0.800. The van der Waals surface area contributed by atoms with Gasteiger partial charge in [0.25, 0.3) is 0 Å². The molecule has 0 atom stereocenters. The number of aliphatic carboxylic acids is 1. The van der Waals surface area contributed by atoms with Crippen molar-refractivity contribution in [2.75, 3.05) is 0 Å². The molecule has 0 bridgehead atoms. The molecule has 0 aliphatic rings. The largest absolute Gasteiger partial charge is 0.478 e. The minimum atomic E-state index is -9.07. The molecule has 0 aliphatic heterocycles. The molecule has 0 spiro atoms. The number of halogens is 20. The third-order valence-corrected chi connectivity index (χ3v) is 4.56. The first kappa shape index (κ1) is 34.8. The highest BCUT2D eigenvalue weighted by atomic mass is 19.4. The summed E-state index contributed by atoms with van der Waals surface area (Å²) in [6.07, 6.45) is -11.1. The van der Waals surface area contributed by atoms with E-state index in [2.05, 4.69) is 6.58 Å². The van der Waals surface area contributed by atoms with Gasteiger partial charge in [0.05, 0.1) is 0 Å². The second kappa shape index (κ2) is 9.23. The molecule has 0 radical (unpaired) electrons. The first-order valence-electron chi connectivity index (χ1n) is 8.37. The summed E-state index contributed by atoms with van der Waals surface area (Å²) in [6.45, 7) is 2.40. The van der Waals surface area contributed by atoms with Crippen molar-refractivity contribution >= 4 is 5.97 Å². The molecular weight excluding hydrogens is 592 g/mol. The summed E-state index contributed by atoms with van der Waals surface area (Å²) in [5.74, 6) is -77.9. The highest BCUT2D eigenvalue weighted by molar-refractivity contribution is 5.85. The van der Waals surface area contributed by atoms with Crippen LogP contribution in [0.2, 0.25) is 0 Å². The molecular formula is C15H8F20O2. The maximum absolute atomic E-state index is 13.6. The Labute approximate surface area is 189 Å². The SMILES string of the molecule is C=C(CCC(F)(F)C(F)(F)C(F)(F)C(F)(F)C(F)(F)C(F)(F)C(F)(F)C(F)(F)C(F)(F)C(F)F)C(=O)O. The molecule has 0 saturated heterocycles. The normalized spacial score (nSPS) is 15.8. The Morgan fingerprint density at radius 3 is 1.11 bits per heavy atom. The molecule has 0 aliphatic carbocycles. The smallest absolute Gasteiger partial charge is 0.385 e. The van der Waals surface area contributed by atoms with Gasteiger partial charge in [-0.15, -0.1) is 0 Å². The molecule has 0 aromatic rings. The van der Waals surface area contributed by atoms with E-state index in [1.165, 1.54) is 0 Å². The van der Waals surface area contributed by atoms with Crippen LogP contribution >= 0.6 is 0 Å². The van der Waals surface area contributed by atoms with Crippen molar-refractivity contribution in [3.05, 3.63) is 12.2 Å². The van der Waals surface area contributed by atoms with Crippen LogP contribution in [0.15, 0.2) is 12.2 Å². The maximum atomic E-state index is 13.6. The Morgan fingerprint density at radius 2 is 0.838 bits per heavy atom. The predicted octanol–water partition coefficient (Wildman–Crippen LogP) is 7.39. The molecule has 37 heavy (non-hydrogen) atoms. The van der Waals surface area contributed by atoms with Crippen LogP contribution in [0.1, 0.15) is 12.8 Å². The monoisotopic (exact) mass is 600 g/mol. The van der Waals surface area contributed by atoms with Gasteiger partial charge in [0.1, 0.15) is 0 Å². The van der Waals surface area contributed by atoms with E-state index in [4.69, 9.17) is 5.11 Å². The van der Waals surface area contributed by atoms with Gasteiger partial charge in [0, 0.05) is 12.0 Å². The van der Waals surface area contributed by atoms with Crippen molar-refractivity contribution in [3.8, 4) is 0 Å². The standard InChI is InChI=1S/C15H8F20O2/c1-4(5(36)37)2-3-7(18,19)9(22,23)11(26,27)13(30,31)15(34,35)14(32,33)12(28,29)10(24,25)8(20,21)6(16)17/h6H,1-3H2,(H,36,37). The zero-order valence-corrected chi connectivity index (χ0v) is 16.6. The van der Waals surface area contributed by atoms with Gasteiger partial charge in [-0.05, 0) is 6.42 Å². The number of carboxylic acids is 1. The van der Waals surface area contributed by atoms with Crippen LogP contribution in [0.4, 0.5) is 87.8 Å². The number of hydrogen-bond donors (Lipinski definition) is 1. The lowest BCUT2D eigenvalue weighted by atomic mass is 9.85. The average Bonchev–Trinajstić information content (AvgIpc) is 2.70. The van der Waals surface area contributed by atoms with E-state index in [1.54, 1.807) is 0 Å². The van der Waals surface area contributed by atoms with Crippen molar-refractivity contribution in [2.45, 2.75) is 72.6 Å². The van der Waals surface area contributed by atoms with Crippen LogP contribution in [0.3, 0.4) is 0 Å². The Kier molecular flexibility index (Phi) is 8.68. The zero-order valence-electron chi connectivity index (χ0n) is 16.6. The first-order chi connectivity index (χ1) is 15.8. The molecule has 22 heteroatoms. The molecule has 0 saturated carbocycles. The Balaban J connectivity index is 6.84. The molecule has 0 amide bonds. The summed E-state index contributed by atoms with van der Waals surface area (Å²) in [6, 6.07) is 0. The van der Waals surface area contributed by atoms with Crippen LogP contribution in [0.5, 0.6) is 0 Å². The van der Waals surface area contributed by atoms with E-state index in [9.17, 15) is 92.6 Å². The summed E-state index contributed by atoms with van der Waals surface area (Å²) in [5, 5.41) is 8.29. The fourth-order valence-corrected chi connectivity index (χ4v) is 2.13. The average molecular weight is 600 g/mol. The van der Waals surface area contributed by atoms with E-state index >= 15 is 0 Å². The molecule has 1 N–H and O–H groups in total. The molecule has 0 heterocycles. The highest BCUT2D eigenvalue weighted by Crippen LogP contribution is 2.65. The highest BCUT2D eigenvalue weighted by Gasteiger charge is 2.96. The third-order valence-electron chi connectivity index (χ3n) is 4.56. The second-order valence-electron chi connectivity index (χ2n) is 7.06. The first-order valence-corrected chi connectivity index (χ1v) is 8.37. The minimum Gasteiger partial charge on any atom is -0.478 e. The van der Waals surface area contributed by atoms with E-state index in [0.29, 0.717) is 0 Å². The molecule has 0 fully saturated rings. The van der Waals surface area contributed by atoms with E-state index < -0.39 is 84.1 Å². The number of carboxylic acid groups (broad SMARTS) is 1. The van der Waals surface area contributed by atoms with Crippen molar-refractivity contribution in [2.24, 2.45) is 0 Å². The Bertz CT molecular complexity index is 873. The maximum Gasteiger partial charge on any atom is 0.385 e. The van der Waals surface area contributed by atoms with Crippen LogP contribution in [-0.4, -0.2) is 70.8 Å². The molecule has 0 rings (SSSR count). The quantitative estimate of drug-likeness (QED) is 0.177. The van der Waals surface area contributed by atoms with Crippen molar-refractivity contribution in [3.63, 3.8) is 0 Å². The van der Waals surface area contributed by atoms with Crippen molar-refractivity contribution in [1.82, 2.24) is 0 Å². The van der Waals surface area contributed by atoms with E-state index in [-0.39, 0.29) is 0 Å². The summed E-state index contributed by atoms with van der Waals surface area (Å²) >= 11 is 0. The summed E-state index contributed by atoms with van der Waals surface area (Å²) < 4.78 is 264. The lowest BCUT2D eigenvalue weighted by Crippen LogP contribution is -2.76. The van der Waals surface area contributed by atoms with Gasteiger partial charge in [-0.25, -0.2) is 13.6 Å². The van der Waals surface area contributed by atoms with E-state index in [1.807, 2.05) is 0 Å². The van der Waals surface area contributed by atoms with E-state index in [0.717, 1.165) is 0 Å². The van der Waals surface area contributed by atoms with Gasteiger partial charge in [-0.1, -0.05) is 6.58 Å². The van der Waals surface area contributed by atoms with Crippen LogP contribution in [0, 0.1) is 0 Å². The Morgan fingerprint density at radius 1 is 0.568 bits per heavy atom.